The van der Waals surface area contributed by atoms with Crippen LogP contribution in [0.2, 0.25) is 0 Å². The SMILES string of the molecule is C[C@H]1[C@@H](c2ccccc2)OC(O)([C@H](Cc2ccccc2)NC(=O)OC(C)(C)C)CN1C. The highest BCUT2D eigenvalue weighted by Gasteiger charge is 2.48. The molecule has 0 saturated carbocycles. The van der Waals surface area contributed by atoms with E-state index in [1.54, 1.807) is 0 Å². The summed E-state index contributed by atoms with van der Waals surface area (Å²) in [6.45, 7) is 7.76. The summed E-state index contributed by atoms with van der Waals surface area (Å²) >= 11 is 0. The largest absolute Gasteiger partial charge is 0.444 e. The number of morpholine rings is 1. The average Bonchev–Trinajstić information content (AvgIpc) is 2.70. The van der Waals surface area contributed by atoms with Crippen molar-refractivity contribution in [1.29, 1.82) is 0 Å². The summed E-state index contributed by atoms with van der Waals surface area (Å²) in [5.74, 6) is -1.60. The number of alkyl carbamates (subject to hydrolysis) is 1. The van der Waals surface area contributed by atoms with Crippen molar-refractivity contribution < 1.29 is 19.4 Å². The van der Waals surface area contributed by atoms with E-state index in [0.717, 1.165) is 11.1 Å². The third-order valence-corrected chi connectivity index (χ3v) is 5.59. The minimum atomic E-state index is -1.60. The van der Waals surface area contributed by atoms with E-state index in [9.17, 15) is 9.90 Å². The molecule has 1 aliphatic heterocycles. The summed E-state index contributed by atoms with van der Waals surface area (Å²) in [6.07, 6.45) is -0.521. The quantitative estimate of drug-likeness (QED) is 0.759. The Morgan fingerprint density at radius 1 is 1.19 bits per heavy atom. The van der Waals surface area contributed by atoms with Crippen LogP contribution in [0.4, 0.5) is 4.79 Å². The summed E-state index contributed by atoms with van der Waals surface area (Å²) in [5.41, 5.74) is 1.32. The van der Waals surface area contributed by atoms with Crippen LogP contribution >= 0.6 is 0 Å². The van der Waals surface area contributed by atoms with Crippen LogP contribution in [0.25, 0.3) is 0 Å². The van der Waals surface area contributed by atoms with Crippen LogP contribution in [0.1, 0.15) is 44.9 Å². The number of likely N-dealkylation sites (N-methyl/N-ethyl adjacent to an activating group) is 1. The summed E-state index contributed by atoms with van der Waals surface area (Å²) < 4.78 is 11.8. The number of β-amino-alcohol motifs (C(OH)–C–C–N with tert-alkyl or cyclic N) is 1. The molecule has 1 aliphatic rings. The van der Waals surface area contributed by atoms with Crippen molar-refractivity contribution >= 4 is 6.09 Å². The number of nitrogens with zero attached hydrogens (tertiary/aromatic N) is 1. The molecule has 3 rings (SSSR count). The zero-order chi connectivity index (χ0) is 22.6. The number of nitrogens with one attached hydrogen (secondary N) is 1. The van der Waals surface area contributed by atoms with E-state index in [-0.39, 0.29) is 18.7 Å². The molecule has 2 aromatic carbocycles. The summed E-state index contributed by atoms with van der Waals surface area (Å²) in [5, 5.41) is 14.6. The van der Waals surface area contributed by atoms with Gasteiger partial charge in [-0.2, -0.15) is 0 Å². The molecule has 0 aliphatic carbocycles. The maximum Gasteiger partial charge on any atom is 0.408 e. The molecule has 1 heterocycles. The third-order valence-electron chi connectivity index (χ3n) is 5.59. The number of amides is 1. The Balaban J connectivity index is 1.90. The Morgan fingerprint density at radius 2 is 1.77 bits per heavy atom. The standard InChI is InChI=1S/C25H34N2O4/c1-18-22(20-14-10-7-11-15-20)30-25(29,17-27(18)5)21(16-19-12-8-6-9-13-19)26-23(28)31-24(2,3)4/h6-15,18,21-22,29H,16-17H2,1-5H3,(H,26,28)/t18-,21-,22-,25?/m0/s1. The van der Waals surface area contributed by atoms with Gasteiger partial charge in [0, 0.05) is 6.04 Å². The Morgan fingerprint density at radius 3 is 2.35 bits per heavy atom. The van der Waals surface area contributed by atoms with Crippen LogP contribution in [-0.4, -0.2) is 53.2 Å². The fourth-order valence-electron chi connectivity index (χ4n) is 3.89. The lowest BCUT2D eigenvalue weighted by Crippen LogP contribution is -2.65. The third kappa shape index (κ3) is 6.06. The van der Waals surface area contributed by atoms with Crippen molar-refractivity contribution in [2.75, 3.05) is 13.6 Å². The van der Waals surface area contributed by atoms with E-state index in [1.807, 2.05) is 88.5 Å². The molecule has 0 bridgehead atoms. The monoisotopic (exact) mass is 426 g/mol. The van der Waals surface area contributed by atoms with Gasteiger partial charge in [0.2, 0.25) is 0 Å². The highest BCUT2D eigenvalue weighted by molar-refractivity contribution is 5.68. The van der Waals surface area contributed by atoms with Gasteiger partial charge < -0.3 is 19.9 Å². The number of aliphatic hydroxyl groups is 1. The maximum absolute atomic E-state index is 12.6. The lowest BCUT2D eigenvalue weighted by Gasteiger charge is -2.49. The van der Waals surface area contributed by atoms with Crippen molar-refractivity contribution in [1.82, 2.24) is 10.2 Å². The zero-order valence-corrected chi connectivity index (χ0v) is 19.0. The molecule has 0 aromatic heterocycles. The van der Waals surface area contributed by atoms with Crippen molar-refractivity contribution in [3.63, 3.8) is 0 Å². The molecule has 2 aromatic rings. The zero-order valence-electron chi connectivity index (χ0n) is 19.0. The minimum absolute atomic E-state index is 0.0570. The van der Waals surface area contributed by atoms with E-state index in [2.05, 4.69) is 17.1 Å². The lowest BCUT2D eigenvalue weighted by molar-refractivity contribution is -0.293. The molecule has 1 fully saturated rings. The van der Waals surface area contributed by atoms with Crippen LogP contribution in [0.3, 0.4) is 0 Å². The van der Waals surface area contributed by atoms with Crippen molar-refractivity contribution in [3.05, 3.63) is 71.8 Å². The number of rotatable bonds is 5. The molecule has 4 atom stereocenters. The molecule has 1 saturated heterocycles. The van der Waals surface area contributed by atoms with Gasteiger partial charge in [0.1, 0.15) is 11.7 Å². The molecule has 1 amide bonds. The first-order valence-electron chi connectivity index (χ1n) is 10.8. The normalized spacial score (nSPS) is 25.6. The summed E-state index contributed by atoms with van der Waals surface area (Å²) in [6, 6.07) is 19.0. The van der Waals surface area contributed by atoms with Gasteiger partial charge in [-0.3, -0.25) is 4.90 Å². The summed E-state index contributed by atoms with van der Waals surface area (Å²) in [4.78, 5) is 14.7. The number of ether oxygens (including phenoxy) is 2. The average molecular weight is 427 g/mol. The fraction of sp³-hybridized carbons (Fsp3) is 0.480. The van der Waals surface area contributed by atoms with Gasteiger partial charge in [-0.25, -0.2) is 4.79 Å². The van der Waals surface area contributed by atoms with Gasteiger partial charge in [0.15, 0.2) is 5.79 Å². The maximum atomic E-state index is 12.6. The van der Waals surface area contributed by atoms with E-state index < -0.39 is 23.5 Å². The smallest absolute Gasteiger partial charge is 0.408 e. The van der Waals surface area contributed by atoms with Crippen molar-refractivity contribution in [2.24, 2.45) is 0 Å². The second-order valence-corrected chi connectivity index (χ2v) is 9.34. The van der Waals surface area contributed by atoms with Crippen LogP contribution in [0.5, 0.6) is 0 Å². The number of hydrogen-bond donors (Lipinski definition) is 2. The van der Waals surface area contributed by atoms with Gasteiger partial charge in [-0.1, -0.05) is 60.7 Å². The van der Waals surface area contributed by atoms with Crippen LogP contribution < -0.4 is 5.32 Å². The van der Waals surface area contributed by atoms with Gasteiger partial charge in [-0.05, 0) is 52.3 Å². The highest BCUT2D eigenvalue weighted by Crippen LogP contribution is 2.36. The second-order valence-electron chi connectivity index (χ2n) is 9.34. The van der Waals surface area contributed by atoms with Crippen LogP contribution in [0, 0.1) is 0 Å². The Hall–Kier alpha value is -2.41. The molecular weight excluding hydrogens is 392 g/mol. The molecule has 6 nitrogen and oxygen atoms in total. The number of carbonyl (C=O) groups excluding carboxylic acids is 1. The van der Waals surface area contributed by atoms with Gasteiger partial charge in [0.05, 0.1) is 12.6 Å². The highest BCUT2D eigenvalue weighted by atomic mass is 16.6. The van der Waals surface area contributed by atoms with Gasteiger partial charge in [0.25, 0.3) is 0 Å². The summed E-state index contributed by atoms with van der Waals surface area (Å²) in [7, 11) is 1.96. The van der Waals surface area contributed by atoms with Gasteiger partial charge >= 0.3 is 6.09 Å². The molecule has 31 heavy (non-hydrogen) atoms. The van der Waals surface area contributed by atoms with Gasteiger partial charge in [-0.15, -0.1) is 0 Å². The molecule has 0 spiro atoms. The Labute approximate surface area is 185 Å². The topological polar surface area (TPSA) is 71.0 Å². The lowest BCUT2D eigenvalue weighted by atomic mass is 9.92. The Kier molecular flexibility index (Phi) is 7.04. The number of hydrogen-bond acceptors (Lipinski definition) is 5. The first kappa shape index (κ1) is 23.3. The number of carbonyl (C=O) groups is 1. The molecule has 168 valence electrons. The predicted octanol–water partition coefficient (Wildman–Crippen LogP) is 3.90. The second kappa shape index (κ2) is 9.39. The molecule has 0 radical (unpaired) electrons. The van der Waals surface area contributed by atoms with E-state index in [4.69, 9.17) is 9.47 Å². The number of benzene rings is 2. The van der Waals surface area contributed by atoms with E-state index in [0.29, 0.717) is 6.42 Å². The fourth-order valence-corrected chi connectivity index (χ4v) is 3.89. The van der Waals surface area contributed by atoms with E-state index in [1.165, 1.54) is 0 Å². The molecule has 1 unspecified atom stereocenters. The van der Waals surface area contributed by atoms with Crippen LogP contribution in [0.15, 0.2) is 60.7 Å². The van der Waals surface area contributed by atoms with Crippen molar-refractivity contribution in [2.45, 2.75) is 63.7 Å². The predicted molar refractivity (Wildman–Crippen MR) is 121 cm³/mol. The first-order chi connectivity index (χ1) is 14.6. The van der Waals surface area contributed by atoms with Crippen LogP contribution in [-0.2, 0) is 15.9 Å². The molecular formula is C25H34N2O4. The molecule has 2 N–H and O–H groups in total. The minimum Gasteiger partial charge on any atom is -0.444 e. The first-order valence-corrected chi connectivity index (χ1v) is 10.8. The Bertz CT molecular complexity index is 853. The molecule has 6 heteroatoms. The van der Waals surface area contributed by atoms with Crippen molar-refractivity contribution in [3.8, 4) is 0 Å². The van der Waals surface area contributed by atoms with E-state index >= 15 is 0 Å².